The minimum atomic E-state index is -0.808. The topological polar surface area (TPSA) is 98.2 Å². The van der Waals surface area contributed by atoms with Crippen LogP contribution in [0.25, 0.3) is 5.69 Å². The Kier molecular flexibility index (Phi) is 4.53. The number of halogens is 1. The molecular formula is C19H16FN3O3. The van der Waals surface area contributed by atoms with Crippen LogP contribution >= 0.6 is 0 Å². The van der Waals surface area contributed by atoms with Gasteiger partial charge in [-0.1, -0.05) is 25.1 Å². The van der Waals surface area contributed by atoms with E-state index in [4.69, 9.17) is 5.73 Å². The molecule has 0 bridgehead atoms. The lowest BCUT2D eigenvalue weighted by atomic mass is 9.92. The van der Waals surface area contributed by atoms with Crippen molar-refractivity contribution in [1.29, 1.82) is 0 Å². The number of amides is 1. The molecule has 3 rings (SSSR count). The molecule has 1 atom stereocenters. The van der Waals surface area contributed by atoms with E-state index in [9.17, 15) is 19.1 Å². The van der Waals surface area contributed by atoms with Gasteiger partial charge in [-0.3, -0.25) is 9.59 Å². The third-order valence-corrected chi connectivity index (χ3v) is 4.07. The Morgan fingerprint density at radius 2 is 1.88 bits per heavy atom. The molecular weight excluding hydrogens is 337 g/mol. The van der Waals surface area contributed by atoms with Gasteiger partial charge in [0.1, 0.15) is 11.6 Å². The minimum absolute atomic E-state index is 0.0929. The number of carbonyl (C=O) groups is 1. The average Bonchev–Trinajstić information content (AvgIpc) is 2.60. The summed E-state index contributed by atoms with van der Waals surface area (Å²) < 4.78 is 14.7. The van der Waals surface area contributed by atoms with Gasteiger partial charge in [-0.15, -0.1) is 0 Å². The van der Waals surface area contributed by atoms with Crippen LogP contribution in [-0.2, 0) is 0 Å². The third-order valence-electron chi connectivity index (χ3n) is 4.07. The van der Waals surface area contributed by atoms with Crippen LogP contribution in [0.5, 0.6) is 5.75 Å². The summed E-state index contributed by atoms with van der Waals surface area (Å²) in [5.74, 6) is -2.27. The second kappa shape index (κ2) is 6.79. The molecule has 0 saturated heterocycles. The molecule has 0 unspecified atom stereocenters. The molecule has 0 aliphatic carbocycles. The van der Waals surface area contributed by atoms with E-state index < -0.39 is 23.2 Å². The number of hydrogen-bond acceptors (Lipinski definition) is 4. The van der Waals surface area contributed by atoms with Gasteiger partial charge in [0, 0.05) is 18.1 Å². The van der Waals surface area contributed by atoms with Crippen molar-refractivity contribution in [1.82, 2.24) is 9.78 Å². The molecule has 0 radical (unpaired) electrons. The zero-order valence-corrected chi connectivity index (χ0v) is 13.9. The highest BCUT2D eigenvalue weighted by Crippen LogP contribution is 2.28. The molecule has 0 spiro atoms. The summed E-state index contributed by atoms with van der Waals surface area (Å²) in [6, 6.07) is 13.4. The van der Waals surface area contributed by atoms with Crippen LogP contribution in [0.1, 0.15) is 34.5 Å². The predicted molar refractivity (Wildman–Crippen MR) is 93.9 cm³/mol. The van der Waals surface area contributed by atoms with Crippen LogP contribution in [-0.4, -0.2) is 20.8 Å². The summed E-state index contributed by atoms with van der Waals surface area (Å²) in [5, 5.41) is 13.7. The molecule has 1 amide bonds. The number of hydrogen-bond donors (Lipinski definition) is 2. The van der Waals surface area contributed by atoms with E-state index in [1.807, 2.05) is 0 Å². The molecule has 7 heteroatoms. The number of benzene rings is 2. The van der Waals surface area contributed by atoms with Crippen LogP contribution in [0, 0.1) is 5.82 Å². The fourth-order valence-electron chi connectivity index (χ4n) is 2.77. The van der Waals surface area contributed by atoms with Gasteiger partial charge in [-0.25, -0.2) is 4.39 Å². The molecule has 0 aliphatic heterocycles. The highest BCUT2D eigenvalue weighted by atomic mass is 19.1. The molecule has 0 saturated carbocycles. The van der Waals surface area contributed by atoms with Gasteiger partial charge in [0.05, 0.1) is 5.69 Å². The molecule has 0 fully saturated rings. The first-order chi connectivity index (χ1) is 12.4. The van der Waals surface area contributed by atoms with Gasteiger partial charge in [-0.05, 0) is 35.4 Å². The number of rotatable bonds is 4. The summed E-state index contributed by atoms with van der Waals surface area (Å²) in [6.07, 6.45) is 0. The van der Waals surface area contributed by atoms with Crippen LogP contribution in [0.2, 0.25) is 0 Å². The average molecular weight is 353 g/mol. The number of aromatic hydroxyl groups is 1. The van der Waals surface area contributed by atoms with Gasteiger partial charge < -0.3 is 10.8 Å². The Labute approximate surface area is 148 Å². The lowest BCUT2D eigenvalue weighted by Crippen LogP contribution is -2.28. The minimum Gasteiger partial charge on any atom is -0.508 e. The molecule has 1 heterocycles. The molecule has 1 aromatic heterocycles. The number of para-hydroxylation sites is 1. The van der Waals surface area contributed by atoms with Gasteiger partial charge in [0.15, 0.2) is 5.69 Å². The Bertz CT molecular complexity index is 1010. The van der Waals surface area contributed by atoms with Crippen molar-refractivity contribution in [3.8, 4) is 11.4 Å². The molecule has 26 heavy (non-hydrogen) atoms. The Morgan fingerprint density at radius 3 is 2.50 bits per heavy atom. The first-order valence-electron chi connectivity index (χ1n) is 7.86. The molecule has 132 valence electrons. The van der Waals surface area contributed by atoms with Crippen molar-refractivity contribution in [2.24, 2.45) is 5.73 Å². The van der Waals surface area contributed by atoms with E-state index in [1.165, 1.54) is 18.2 Å². The van der Waals surface area contributed by atoms with Crippen molar-refractivity contribution in [3.63, 3.8) is 0 Å². The molecule has 6 nitrogen and oxygen atoms in total. The Balaban J connectivity index is 2.17. The van der Waals surface area contributed by atoms with E-state index in [0.717, 1.165) is 10.7 Å². The first kappa shape index (κ1) is 17.3. The fraction of sp³-hybridized carbons (Fsp3) is 0.105. The summed E-state index contributed by atoms with van der Waals surface area (Å²) in [7, 11) is 0. The van der Waals surface area contributed by atoms with Crippen LogP contribution in [0.3, 0.4) is 0 Å². The van der Waals surface area contributed by atoms with Gasteiger partial charge in [0.25, 0.3) is 11.5 Å². The Hall–Kier alpha value is -3.48. The van der Waals surface area contributed by atoms with Crippen molar-refractivity contribution in [2.45, 2.75) is 12.8 Å². The number of aromatic nitrogens is 2. The van der Waals surface area contributed by atoms with E-state index in [1.54, 1.807) is 37.3 Å². The third kappa shape index (κ3) is 3.32. The van der Waals surface area contributed by atoms with Crippen LogP contribution in [0.15, 0.2) is 59.4 Å². The van der Waals surface area contributed by atoms with Crippen LogP contribution < -0.4 is 11.3 Å². The monoisotopic (exact) mass is 353 g/mol. The summed E-state index contributed by atoms with van der Waals surface area (Å²) in [6.45, 7) is 1.67. The summed E-state index contributed by atoms with van der Waals surface area (Å²) in [4.78, 5) is 24.4. The highest BCUT2D eigenvalue weighted by molar-refractivity contribution is 5.92. The number of phenols is 1. The largest absolute Gasteiger partial charge is 0.508 e. The van der Waals surface area contributed by atoms with E-state index in [2.05, 4.69) is 5.10 Å². The van der Waals surface area contributed by atoms with Gasteiger partial charge in [-0.2, -0.15) is 9.78 Å². The zero-order valence-electron chi connectivity index (χ0n) is 13.9. The maximum absolute atomic E-state index is 13.6. The number of nitrogens with zero attached hydrogens (tertiary/aromatic N) is 2. The number of primary amides is 1. The summed E-state index contributed by atoms with van der Waals surface area (Å²) in [5.41, 5.74) is 6.04. The predicted octanol–water partition coefficient (Wildman–Crippen LogP) is 2.33. The number of nitrogens with two attached hydrogens (primary N) is 1. The number of phenolic OH excluding ortho intramolecular Hbond substituents is 1. The second-order valence-corrected chi connectivity index (χ2v) is 5.86. The summed E-state index contributed by atoms with van der Waals surface area (Å²) >= 11 is 0. The normalized spacial score (nSPS) is 11.9. The SMILES string of the molecule is C[C@H](c1cc(O)cc(F)c1)c1cc(=O)n(-c2ccccc2)nc1C(N)=O. The van der Waals surface area contributed by atoms with Crippen molar-refractivity contribution >= 4 is 5.91 Å². The lowest BCUT2D eigenvalue weighted by molar-refractivity contribution is 0.0992. The Morgan fingerprint density at radius 1 is 1.19 bits per heavy atom. The first-order valence-corrected chi connectivity index (χ1v) is 7.86. The number of carbonyl (C=O) groups excluding carboxylic acids is 1. The second-order valence-electron chi connectivity index (χ2n) is 5.86. The van der Waals surface area contributed by atoms with E-state index >= 15 is 0 Å². The van der Waals surface area contributed by atoms with Crippen molar-refractivity contribution < 1.29 is 14.3 Å². The molecule has 2 aromatic carbocycles. The van der Waals surface area contributed by atoms with E-state index in [-0.39, 0.29) is 17.0 Å². The smallest absolute Gasteiger partial charge is 0.271 e. The van der Waals surface area contributed by atoms with Crippen LogP contribution in [0.4, 0.5) is 4.39 Å². The molecule has 3 aromatic rings. The molecule has 0 aliphatic rings. The molecule has 3 N–H and O–H groups in total. The van der Waals surface area contributed by atoms with Gasteiger partial charge in [0.2, 0.25) is 0 Å². The van der Waals surface area contributed by atoms with Gasteiger partial charge >= 0.3 is 0 Å². The lowest BCUT2D eigenvalue weighted by Gasteiger charge is -2.16. The maximum Gasteiger partial charge on any atom is 0.271 e. The van der Waals surface area contributed by atoms with Crippen molar-refractivity contribution in [3.05, 3.63) is 87.6 Å². The fourth-order valence-corrected chi connectivity index (χ4v) is 2.77. The van der Waals surface area contributed by atoms with Crippen molar-refractivity contribution in [2.75, 3.05) is 0 Å². The standard InChI is InChI=1S/C19H16FN3O3/c1-11(12-7-13(20)9-15(24)8-12)16-10-17(25)23(22-18(16)19(21)26)14-5-3-2-4-6-14/h2-11,24H,1H3,(H2,21,26)/t11-/m1/s1. The zero-order chi connectivity index (χ0) is 18.8. The maximum atomic E-state index is 13.6. The quantitative estimate of drug-likeness (QED) is 0.752. The van der Waals surface area contributed by atoms with E-state index in [0.29, 0.717) is 11.3 Å². The highest BCUT2D eigenvalue weighted by Gasteiger charge is 2.21.